The van der Waals surface area contributed by atoms with E-state index in [1.54, 1.807) is 28.6 Å². The maximum absolute atomic E-state index is 13.2. The Bertz CT molecular complexity index is 1230. The standard InChI is InChI=1S/C22H20ClN3O3S2/c23-15-2-8-18-14(13-15)1-7-19(18)20-9-11-26(21(20)27)16-3-5-17(6-4-16)31(28,29)25-22-24-10-12-30-22/h2-6,8,10,12-13,19-20H,1,7,9,11H2,(H,24,25)/t19?,20-/m1/s1. The highest BCUT2D eigenvalue weighted by Crippen LogP contribution is 2.44. The number of fused-ring (bicyclic) bond motifs is 1. The smallest absolute Gasteiger partial charge is 0.263 e. The van der Waals surface area contributed by atoms with E-state index in [0.29, 0.717) is 11.7 Å². The van der Waals surface area contributed by atoms with Crippen molar-refractivity contribution in [3.8, 4) is 0 Å². The van der Waals surface area contributed by atoms with E-state index in [2.05, 4.69) is 15.8 Å². The highest BCUT2D eigenvalue weighted by Gasteiger charge is 2.41. The van der Waals surface area contributed by atoms with Gasteiger partial charge in [-0.05, 0) is 72.7 Å². The molecular weight excluding hydrogens is 454 g/mol. The number of hydrogen-bond donors (Lipinski definition) is 1. The molecule has 31 heavy (non-hydrogen) atoms. The average Bonchev–Trinajstić information content (AvgIpc) is 3.48. The van der Waals surface area contributed by atoms with Crippen LogP contribution < -0.4 is 9.62 Å². The molecule has 2 aliphatic rings. The van der Waals surface area contributed by atoms with Crippen LogP contribution in [0.5, 0.6) is 0 Å². The van der Waals surface area contributed by atoms with Gasteiger partial charge in [-0.3, -0.25) is 9.52 Å². The highest BCUT2D eigenvalue weighted by atomic mass is 35.5. The summed E-state index contributed by atoms with van der Waals surface area (Å²) < 4.78 is 27.5. The first kappa shape index (κ1) is 20.5. The molecule has 0 saturated carbocycles. The van der Waals surface area contributed by atoms with Crippen LogP contribution in [-0.4, -0.2) is 25.9 Å². The summed E-state index contributed by atoms with van der Waals surface area (Å²) in [6.45, 7) is 0.631. The van der Waals surface area contributed by atoms with Crippen LogP contribution in [0.1, 0.15) is 29.9 Å². The zero-order chi connectivity index (χ0) is 21.6. The summed E-state index contributed by atoms with van der Waals surface area (Å²) in [4.78, 5) is 19.1. The third kappa shape index (κ3) is 3.84. The molecule has 1 fully saturated rings. The Morgan fingerprint density at radius 3 is 2.65 bits per heavy atom. The van der Waals surface area contributed by atoms with Gasteiger partial charge in [0.15, 0.2) is 5.13 Å². The number of rotatable bonds is 5. The third-order valence-corrected chi connectivity index (χ3v) is 8.48. The van der Waals surface area contributed by atoms with Crippen molar-refractivity contribution in [3.05, 3.63) is 70.2 Å². The first-order chi connectivity index (χ1) is 14.9. The SMILES string of the molecule is O=C1[C@@H](C2CCc3cc(Cl)ccc32)CCN1c1ccc(S(=O)(=O)Nc2nccs2)cc1. The maximum atomic E-state index is 13.2. The zero-order valence-corrected chi connectivity index (χ0v) is 18.9. The van der Waals surface area contributed by atoms with E-state index in [4.69, 9.17) is 11.6 Å². The number of anilines is 2. The van der Waals surface area contributed by atoms with Crippen molar-refractivity contribution in [2.75, 3.05) is 16.2 Å². The lowest BCUT2D eigenvalue weighted by Gasteiger charge is -2.21. The highest BCUT2D eigenvalue weighted by molar-refractivity contribution is 7.93. The number of carbonyl (C=O) groups excluding carboxylic acids is 1. The van der Waals surface area contributed by atoms with Crippen molar-refractivity contribution in [1.29, 1.82) is 0 Å². The summed E-state index contributed by atoms with van der Waals surface area (Å²) >= 11 is 7.34. The van der Waals surface area contributed by atoms with E-state index in [-0.39, 0.29) is 22.6 Å². The van der Waals surface area contributed by atoms with Crippen LogP contribution in [0.25, 0.3) is 0 Å². The number of benzene rings is 2. The van der Waals surface area contributed by atoms with Gasteiger partial charge < -0.3 is 4.90 Å². The van der Waals surface area contributed by atoms with E-state index in [1.165, 1.54) is 34.6 Å². The van der Waals surface area contributed by atoms with Crippen molar-refractivity contribution >= 4 is 49.7 Å². The van der Waals surface area contributed by atoms with Crippen LogP contribution in [0.3, 0.4) is 0 Å². The average molecular weight is 474 g/mol. The van der Waals surface area contributed by atoms with Gasteiger partial charge in [-0.2, -0.15) is 0 Å². The minimum atomic E-state index is -3.71. The Morgan fingerprint density at radius 2 is 1.90 bits per heavy atom. The van der Waals surface area contributed by atoms with Gasteiger partial charge in [0.25, 0.3) is 10.0 Å². The van der Waals surface area contributed by atoms with Crippen molar-refractivity contribution in [3.63, 3.8) is 0 Å². The zero-order valence-electron chi connectivity index (χ0n) is 16.5. The Morgan fingerprint density at radius 1 is 1.10 bits per heavy atom. The summed E-state index contributed by atoms with van der Waals surface area (Å²) in [7, 11) is -3.71. The minimum absolute atomic E-state index is 0.0580. The summed E-state index contributed by atoms with van der Waals surface area (Å²) in [6.07, 6.45) is 4.23. The second kappa shape index (κ2) is 7.93. The molecule has 9 heteroatoms. The second-order valence-electron chi connectivity index (χ2n) is 7.81. The van der Waals surface area contributed by atoms with Gasteiger partial charge in [0, 0.05) is 34.7 Å². The molecule has 0 bridgehead atoms. The molecule has 2 atom stereocenters. The van der Waals surface area contributed by atoms with Gasteiger partial charge in [-0.25, -0.2) is 13.4 Å². The number of sulfonamides is 1. The molecule has 0 radical (unpaired) electrons. The van der Waals surface area contributed by atoms with Gasteiger partial charge >= 0.3 is 0 Å². The quantitative estimate of drug-likeness (QED) is 0.583. The number of nitrogens with zero attached hydrogens (tertiary/aromatic N) is 2. The van der Waals surface area contributed by atoms with Crippen molar-refractivity contribution in [1.82, 2.24) is 4.98 Å². The molecule has 5 rings (SSSR count). The lowest BCUT2D eigenvalue weighted by Crippen LogP contribution is -2.29. The van der Waals surface area contributed by atoms with E-state index in [9.17, 15) is 13.2 Å². The van der Waals surface area contributed by atoms with Crippen molar-refractivity contribution in [2.45, 2.75) is 30.1 Å². The molecule has 6 nitrogen and oxygen atoms in total. The molecule has 3 aromatic rings. The molecule has 2 aromatic carbocycles. The van der Waals surface area contributed by atoms with Crippen molar-refractivity contribution < 1.29 is 13.2 Å². The van der Waals surface area contributed by atoms with E-state index in [1.807, 2.05) is 12.1 Å². The molecule has 1 amide bonds. The fourth-order valence-corrected chi connectivity index (χ4v) is 6.61. The first-order valence-corrected chi connectivity index (χ1v) is 12.8. The first-order valence-electron chi connectivity index (χ1n) is 10.0. The molecule has 1 N–H and O–H groups in total. The molecule has 1 aromatic heterocycles. The topological polar surface area (TPSA) is 79.4 Å². The van der Waals surface area contributed by atoms with Gasteiger partial charge in [0.05, 0.1) is 4.90 Å². The summed E-state index contributed by atoms with van der Waals surface area (Å²) in [5, 5.41) is 2.76. The molecule has 1 aliphatic carbocycles. The Hall–Kier alpha value is -2.42. The van der Waals surface area contributed by atoms with Crippen LogP contribution in [0.4, 0.5) is 10.8 Å². The lowest BCUT2D eigenvalue weighted by molar-refractivity contribution is -0.121. The normalized spacial score (nSPS) is 20.8. The van der Waals surface area contributed by atoms with E-state index in [0.717, 1.165) is 30.0 Å². The Balaban J connectivity index is 1.32. The van der Waals surface area contributed by atoms with Gasteiger partial charge in [-0.15, -0.1) is 11.3 Å². The molecule has 160 valence electrons. The van der Waals surface area contributed by atoms with Crippen molar-refractivity contribution in [2.24, 2.45) is 5.92 Å². The Kier molecular flexibility index (Phi) is 5.24. The number of aryl methyl sites for hydroxylation is 1. The van der Waals surface area contributed by atoms with Crippen LogP contribution in [0.15, 0.2) is 58.9 Å². The number of aromatic nitrogens is 1. The fraction of sp³-hybridized carbons (Fsp3) is 0.273. The minimum Gasteiger partial charge on any atom is -0.312 e. The number of carbonyl (C=O) groups is 1. The predicted octanol–water partition coefficient (Wildman–Crippen LogP) is 4.68. The number of halogens is 1. The number of amides is 1. The third-order valence-electron chi connectivity index (χ3n) is 6.07. The number of hydrogen-bond acceptors (Lipinski definition) is 5. The molecule has 0 spiro atoms. The maximum Gasteiger partial charge on any atom is 0.263 e. The molecule has 2 heterocycles. The van der Waals surface area contributed by atoms with Gasteiger partial charge in [0.2, 0.25) is 5.91 Å². The molecular formula is C22H20ClN3O3S2. The largest absolute Gasteiger partial charge is 0.312 e. The summed E-state index contributed by atoms with van der Waals surface area (Å²) in [5.74, 6) is 0.258. The van der Waals surface area contributed by atoms with Crippen LogP contribution in [-0.2, 0) is 21.2 Å². The summed E-state index contributed by atoms with van der Waals surface area (Å²) in [6, 6.07) is 12.4. The second-order valence-corrected chi connectivity index (χ2v) is 10.8. The number of thiazole rings is 1. The van der Waals surface area contributed by atoms with Crippen LogP contribution in [0, 0.1) is 5.92 Å². The van der Waals surface area contributed by atoms with E-state index < -0.39 is 10.0 Å². The van der Waals surface area contributed by atoms with Crippen LogP contribution >= 0.6 is 22.9 Å². The van der Waals surface area contributed by atoms with E-state index >= 15 is 0 Å². The van der Waals surface area contributed by atoms with Crippen LogP contribution in [0.2, 0.25) is 5.02 Å². The fourth-order valence-electron chi connectivity index (χ4n) is 4.62. The Labute approximate surface area is 189 Å². The van der Waals surface area contributed by atoms with Gasteiger partial charge in [0.1, 0.15) is 0 Å². The molecule has 1 aliphatic heterocycles. The monoisotopic (exact) mass is 473 g/mol. The molecule has 1 saturated heterocycles. The lowest BCUT2D eigenvalue weighted by atomic mass is 9.86. The van der Waals surface area contributed by atoms with Gasteiger partial charge in [-0.1, -0.05) is 17.7 Å². The summed E-state index contributed by atoms with van der Waals surface area (Å²) in [5.41, 5.74) is 3.19. The predicted molar refractivity (Wildman–Crippen MR) is 122 cm³/mol. The molecule has 1 unspecified atom stereocenters. The number of nitrogens with one attached hydrogen (secondary N) is 1.